The van der Waals surface area contributed by atoms with E-state index in [-0.39, 0.29) is 32.4 Å². The van der Waals surface area contributed by atoms with Gasteiger partial charge < -0.3 is 9.47 Å². The number of benzene rings is 1. The van der Waals surface area contributed by atoms with E-state index in [0.29, 0.717) is 0 Å². The van der Waals surface area contributed by atoms with E-state index in [4.69, 9.17) is 51.1 Å². The average Bonchev–Trinajstić information content (AvgIpc) is 2.39. The van der Waals surface area contributed by atoms with Crippen molar-refractivity contribution in [1.82, 2.24) is 0 Å². The molecular formula is C12H8Cl4O4. The summed E-state index contributed by atoms with van der Waals surface area (Å²) in [5, 5.41) is 0.0504. The maximum absolute atomic E-state index is 11.5. The number of carbonyl (C=O) groups excluding carboxylic acids is 2. The summed E-state index contributed by atoms with van der Waals surface area (Å²) in [4.78, 5) is 22.6. The van der Waals surface area contributed by atoms with Gasteiger partial charge in [0.25, 0.3) is 0 Å². The van der Waals surface area contributed by atoms with Gasteiger partial charge in [-0.2, -0.15) is 0 Å². The van der Waals surface area contributed by atoms with Gasteiger partial charge in [-0.25, -0.2) is 9.59 Å². The van der Waals surface area contributed by atoms with Gasteiger partial charge in [-0.05, 0) is 13.0 Å². The predicted octanol–water partition coefficient (Wildman–Crippen LogP) is 4.32. The van der Waals surface area contributed by atoms with Crippen molar-refractivity contribution in [3.8, 4) is 5.75 Å². The summed E-state index contributed by atoms with van der Waals surface area (Å²) < 4.78 is 9.50. The summed E-state index contributed by atoms with van der Waals surface area (Å²) in [6.45, 7) is 1.83. The van der Waals surface area contributed by atoms with Crippen LogP contribution in [0.15, 0.2) is 18.2 Å². The fraction of sp³-hybridized carbons (Fsp3) is 0.167. The number of ether oxygens (including phenoxy) is 2. The molecule has 0 unspecified atom stereocenters. The van der Waals surface area contributed by atoms with Crippen LogP contribution in [-0.2, 0) is 14.3 Å². The molecule has 1 rings (SSSR count). The quantitative estimate of drug-likeness (QED) is 0.348. The van der Waals surface area contributed by atoms with Gasteiger partial charge in [0.15, 0.2) is 5.75 Å². The summed E-state index contributed by atoms with van der Waals surface area (Å²) in [6, 6.07) is 1.32. The van der Waals surface area contributed by atoms with Crippen molar-refractivity contribution in [3.63, 3.8) is 0 Å². The Hall–Kier alpha value is -0.940. The van der Waals surface area contributed by atoms with Gasteiger partial charge in [-0.15, -0.1) is 0 Å². The molecule has 0 aliphatic carbocycles. The van der Waals surface area contributed by atoms with Crippen LogP contribution in [0.4, 0.5) is 0 Å². The first-order valence-electron chi connectivity index (χ1n) is 5.26. The molecule has 108 valence electrons. The number of hydrogen-bond acceptors (Lipinski definition) is 4. The van der Waals surface area contributed by atoms with Crippen LogP contribution in [0.3, 0.4) is 0 Å². The highest BCUT2D eigenvalue weighted by Gasteiger charge is 2.17. The smallest absolute Gasteiger partial charge is 0.336 e. The molecule has 0 heterocycles. The molecule has 0 saturated heterocycles. The van der Waals surface area contributed by atoms with E-state index in [1.165, 1.54) is 6.07 Å². The lowest BCUT2D eigenvalue weighted by molar-refractivity contribution is -0.138. The van der Waals surface area contributed by atoms with Crippen LogP contribution in [0.25, 0.3) is 0 Å². The Morgan fingerprint density at radius 3 is 2.05 bits per heavy atom. The largest absolute Gasteiger partial charge is 0.463 e. The third-order valence-electron chi connectivity index (χ3n) is 1.92. The van der Waals surface area contributed by atoms with Gasteiger partial charge in [0, 0.05) is 12.2 Å². The maximum Gasteiger partial charge on any atom is 0.336 e. The number of halogens is 4. The van der Waals surface area contributed by atoms with E-state index < -0.39 is 11.9 Å². The first kappa shape index (κ1) is 17.1. The first-order valence-corrected chi connectivity index (χ1v) is 6.77. The Morgan fingerprint density at radius 1 is 1.05 bits per heavy atom. The molecule has 8 heteroatoms. The number of rotatable bonds is 4. The first-order chi connectivity index (χ1) is 9.36. The van der Waals surface area contributed by atoms with E-state index in [2.05, 4.69) is 4.74 Å². The Bertz CT molecular complexity index is 543. The van der Waals surface area contributed by atoms with Gasteiger partial charge in [-0.1, -0.05) is 46.4 Å². The number of carbonyl (C=O) groups is 2. The molecule has 4 nitrogen and oxygen atoms in total. The van der Waals surface area contributed by atoms with Crippen molar-refractivity contribution in [2.24, 2.45) is 0 Å². The van der Waals surface area contributed by atoms with E-state index >= 15 is 0 Å². The summed E-state index contributed by atoms with van der Waals surface area (Å²) in [5.74, 6) is -1.73. The number of esters is 2. The summed E-state index contributed by atoms with van der Waals surface area (Å²) in [5.41, 5.74) is 0. The molecule has 0 amide bonds. The van der Waals surface area contributed by atoms with Crippen LogP contribution in [0.5, 0.6) is 5.75 Å². The average molecular weight is 358 g/mol. The SMILES string of the molecule is CCOC(=O)/C=C/C(=O)Oc1c(Cl)c(Cl)cc(Cl)c1Cl. The minimum Gasteiger partial charge on any atom is -0.463 e. The highest BCUT2D eigenvalue weighted by molar-refractivity contribution is 6.48. The Morgan fingerprint density at radius 2 is 1.55 bits per heavy atom. The topological polar surface area (TPSA) is 52.6 Å². The minimum atomic E-state index is -0.875. The van der Waals surface area contributed by atoms with Crippen molar-refractivity contribution in [2.45, 2.75) is 6.92 Å². The van der Waals surface area contributed by atoms with Crippen LogP contribution >= 0.6 is 46.4 Å². The molecule has 0 atom stereocenters. The zero-order valence-electron chi connectivity index (χ0n) is 10.1. The van der Waals surface area contributed by atoms with Gasteiger partial charge in [0.05, 0.1) is 16.7 Å². The number of hydrogen-bond donors (Lipinski definition) is 0. The molecule has 0 bridgehead atoms. The molecule has 0 saturated carbocycles. The molecule has 0 aliphatic rings. The molecule has 1 aromatic rings. The maximum atomic E-state index is 11.5. The minimum absolute atomic E-state index is 0.0565. The lowest BCUT2D eigenvalue weighted by Crippen LogP contribution is -2.07. The van der Waals surface area contributed by atoms with Crippen molar-refractivity contribution in [1.29, 1.82) is 0 Å². The molecule has 20 heavy (non-hydrogen) atoms. The lowest BCUT2D eigenvalue weighted by Gasteiger charge is -2.09. The summed E-state index contributed by atoms with van der Waals surface area (Å²) in [6.07, 6.45) is 1.79. The highest BCUT2D eigenvalue weighted by atomic mass is 35.5. The second-order valence-corrected chi connectivity index (χ2v) is 4.87. The van der Waals surface area contributed by atoms with E-state index in [9.17, 15) is 9.59 Å². The second kappa shape index (κ2) is 7.74. The Labute approximate surface area is 135 Å². The summed E-state index contributed by atoms with van der Waals surface area (Å²) >= 11 is 23.3. The molecule has 0 fully saturated rings. The van der Waals surface area contributed by atoms with Crippen LogP contribution in [0.1, 0.15) is 6.92 Å². The van der Waals surface area contributed by atoms with E-state index in [1.54, 1.807) is 6.92 Å². The van der Waals surface area contributed by atoms with Gasteiger partial charge >= 0.3 is 11.9 Å². The molecular weight excluding hydrogens is 350 g/mol. The van der Waals surface area contributed by atoms with Gasteiger partial charge in [-0.3, -0.25) is 0 Å². The third kappa shape index (κ3) is 4.56. The fourth-order valence-electron chi connectivity index (χ4n) is 1.10. The molecule has 0 N–H and O–H groups in total. The van der Waals surface area contributed by atoms with Crippen LogP contribution in [0, 0.1) is 0 Å². The van der Waals surface area contributed by atoms with Gasteiger partial charge in [0.2, 0.25) is 0 Å². The zero-order chi connectivity index (χ0) is 15.3. The van der Waals surface area contributed by atoms with Crippen LogP contribution < -0.4 is 4.74 Å². The normalized spacial score (nSPS) is 10.7. The molecule has 0 radical (unpaired) electrons. The predicted molar refractivity (Wildman–Crippen MR) is 77.9 cm³/mol. The van der Waals surface area contributed by atoms with Crippen molar-refractivity contribution >= 4 is 58.3 Å². The van der Waals surface area contributed by atoms with Gasteiger partial charge in [0.1, 0.15) is 10.0 Å². The monoisotopic (exact) mass is 356 g/mol. The molecule has 1 aromatic carbocycles. The molecule has 0 aliphatic heterocycles. The van der Waals surface area contributed by atoms with Crippen LogP contribution in [-0.4, -0.2) is 18.5 Å². The fourth-order valence-corrected chi connectivity index (χ4v) is 1.97. The van der Waals surface area contributed by atoms with Crippen molar-refractivity contribution < 1.29 is 19.1 Å². The third-order valence-corrected chi connectivity index (χ3v) is 3.46. The lowest BCUT2D eigenvalue weighted by atomic mass is 10.3. The Kier molecular flexibility index (Phi) is 6.62. The van der Waals surface area contributed by atoms with Crippen molar-refractivity contribution in [3.05, 3.63) is 38.3 Å². The van der Waals surface area contributed by atoms with Crippen molar-refractivity contribution in [2.75, 3.05) is 6.61 Å². The van der Waals surface area contributed by atoms with E-state index in [1.807, 2.05) is 0 Å². The Balaban J connectivity index is 2.89. The summed E-state index contributed by atoms with van der Waals surface area (Å²) in [7, 11) is 0. The van der Waals surface area contributed by atoms with E-state index in [0.717, 1.165) is 12.2 Å². The standard InChI is InChI=1S/C12H8Cl4O4/c1-2-19-8(17)3-4-9(18)20-12-10(15)6(13)5-7(14)11(12)16/h3-5H,2H2,1H3/b4-3+. The van der Waals surface area contributed by atoms with Crippen LogP contribution in [0.2, 0.25) is 20.1 Å². The zero-order valence-corrected chi connectivity index (χ0v) is 13.1. The molecule has 0 aromatic heterocycles. The second-order valence-electron chi connectivity index (χ2n) is 3.30. The highest BCUT2D eigenvalue weighted by Crippen LogP contribution is 2.42. The molecule has 0 spiro atoms.